The highest BCUT2D eigenvalue weighted by Gasteiger charge is 2.20. The van der Waals surface area contributed by atoms with Gasteiger partial charge in [-0.3, -0.25) is 9.59 Å². The van der Waals surface area contributed by atoms with Gasteiger partial charge in [0, 0.05) is 36.7 Å². The molecule has 1 aromatic rings. The molecule has 5 nitrogen and oxygen atoms in total. The fraction of sp³-hybridized carbons (Fsp3) is 0.636. The molecule has 1 fully saturated rings. The molecule has 1 aliphatic carbocycles. The van der Waals surface area contributed by atoms with Crippen LogP contribution in [0.4, 0.5) is 0 Å². The van der Waals surface area contributed by atoms with Crippen molar-refractivity contribution in [3.05, 3.63) is 35.4 Å². The van der Waals surface area contributed by atoms with Crippen LogP contribution >= 0.6 is 12.4 Å². The molecular weight excluding hydrogens is 374 g/mol. The number of carbonyl (C=O) groups excluding carboxylic acids is 2. The molecule has 2 amide bonds. The van der Waals surface area contributed by atoms with Crippen molar-refractivity contribution < 1.29 is 9.59 Å². The van der Waals surface area contributed by atoms with Gasteiger partial charge in [0.05, 0.1) is 0 Å². The molecule has 3 N–H and O–H groups in total. The van der Waals surface area contributed by atoms with E-state index in [1.165, 1.54) is 38.5 Å². The Balaban J connectivity index is 0.00000392. The normalized spacial score (nSPS) is 15.2. The number of carbonyl (C=O) groups is 2. The summed E-state index contributed by atoms with van der Waals surface area (Å²) in [4.78, 5) is 24.2. The van der Waals surface area contributed by atoms with Gasteiger partial charge in [0.15, 0.2) is 0 Å². The number of benzene rings is 1. The van der Waals surface area contributed by atoms with Gasteiger partial charge < -0.3 is 16.0 Å². The van der Waals surface area contributed by atoms with Crippen LogP contribution in [-0.4, -0.2) is 30.9 Å². The SMILES string of the molecule is CC(C)(C)C(=O)NCc1ccc(C(=O)NCCNC2CCCCCC2)cc1.Cl. The second-order valence-electron chi connectivity index (χ2n) is 8.53. The number of nitrogens with one attached hydrogen (secondary N) is 3. The summed E-state index contributed by atoms with van der Waals surface area (Å²) in [5.74, 6) is -0.0339. The van der Waals surface area contributed by atoms with Crippen LogP contribution in [0.1, 0.15) is 75.2 Å². The highest BCUT2D eigenvalue weighted by Crippen LogP contribution is 2.17. The minimum absolute atomic E-state index is 0. The van der Waals surface area contributed by atoms with Gasteiger partial charge in [0.2, 0.25) is 5.91 Å². The van der Waals surface area contributed by atoms with E-state index >= 15 is 0 Å². The molecule has 0 atom stereocenters. The summed E-state index contributed by atoms with van der Waals surface area (Å²) in [5, 5.41) is 9.45. The van der Waals surface area contributed by atoms with Crippen LogP contribution in [-0.2, 0) is 11.3 Å². The van der Waals surface area contributed by atoms with Gasteiger partial charge in [-0.25, -0.2) is 0 Å². The molecule has 1 aromatic carbocycles. The molecule has 1 aliphatic rings. The van der Waals surface area contributed by atoms with Crippen LogP contribution in [0.5, 0.6) is 0 Å². The van der Waals surface area contributed by atoms with E-state index < -0.39 is 5.41 Å². The van der Waals surface area contributed by atoms with Crippen molar-refractivity contribution in [1.29, 1.82) is 0 Å². The van der Waals surface area contributed by atoms with Crippen molar-refractivity contribution in [2.75, 3.05) is 13.1 Å². The van der Waals surface area contributed by atoms with Gasteiger partial charge >= 0.3 is 0 Å². The Morgan fingerprint density at radius 1 is 0.929 bits per heavy atom. The van der Waals surface area contributed by atoms with Gasteiger partial charge in [-0.2, -0.15) is 0 Å². The predicted octanol–water partition coefficient (Wildman–Crippen LogP) is 3.81. The first-order valence-electron chi connectivity index (χ1n) is 10.2. The lowest BCUT2D eigenvalue weighted by atomic mass is 9.95. The maximum atomic E-state index is 12.3. The first-order chi connectivity index (χ1) is 12.9. The van der Waals surface area contributed by atoms with Crippen molar-refractivity contribution in [2.45, 2.75) is 71.9 Å². The molecule has 0 bridgehead atoms. The summed E-state index contributed by atoms with van der Waals surface area (Å²) in [6.45, 7) is 7.59. The number of rotatable bonds is 7. The topological polar surface area (TPSA) is 70.2 Å². The first-order valence-corrected chi connectivity index (χ1v) is 10.2. The second kappa shape index (κ2) is 12.1. The lowest BCUT2D eigenvalue weighted by molar-refractivity contribution is -0.128. The number of hydrogen-bond donors (Lipinski definition) is 3. The molecule has 0 aromatic heterocycles. The molecule has 0 radical (unpaired) electrons. The van der Waals surface area contributed by atoms with E-state index in [0.717, 1.165) is 12.1 Å². The average molecular weight is 410 g/mol. The molecular formula is C22H36ClN3O2. The van der Waals surface area contributed by atoms with Gasteiger partial charge in [-0.15, -0.1) is 12.4 Å². The maximum Gasteiger partial charge on any atom is 0.251 e. The lowest BCUT2D eigenvalue weighted by Gasteiger charge is -2.17. The Morgan fingerprint density at radius 3 is 2.11 bits per heavy atom. The highest BCUT2D eigenvalue weighted by molar-refractivity contribution is 5.94. The zero-order chi connectivity index (χ0) is 19.7. The van der Waals surface area contributed by atoms with Crippen LogP contribution in [0.2, 0.25) is 0 Å². The number of halogens is 1. The molecule has 2 rings (SSSR count). The molecule has 0 heterocycles. The van der Waals surface area contributed by atoms with E-state index in [0.29, 0.717) is 24.7 Å². The molecule has 0 saturated heterocycles. The van der Waals surface area contributed by atoms with Gasteiger partial charge in [0.1, 0.15) is 0 Å². The van der Waals surface area contributed by atoms with Crippen LogP contribution in [0, 0.1) is 5.41 Å². The van der Waals surface area contributed by atoms with E-state index in [1.807, 2.05) is 45.0 Å². The van der Waals surface area contributed by atoms with Crippen LogP contribution in [0.25, 0.3) is 0 Å². The summed E-state index contributed by atoms with van der Waals surface area (Å²) in [7, 11) is 0. The predicted molar refractivity (Wildman–Crippen MR) is 117 cm³/mol. The minimum Gasteiger partial charge on any atom is -0.352 e. The number of amides is 2. The monoisotopic (exact) mass is 409 g/mol. The van der Waals surface area contributed by atoms with Crippen LogP contribution in [0.3, 0.4) is 0 Å². The summed E-state index contributed by atoms with van der Waals surface area (Å²) < 4.78 is 0. The Hall–Kier alpha value is -1.59. The second-order valence-corrected chi connectivity index (χ2v) is 8.53. The third-order valence-corrected chi connectivity index (χ3v) is 5.05. The van der Waals surface area contributed by atoms with Crippen molar-refractivity contribution in [3.63, 3.8) is 0 Å². The zero-order valence-corrected chi connectivity index (χ0v) is 18.3. The van der Waals surface area contributed by atoms with Crippen LogP contribution in [0.15, 0.2) is 24.3 Å². The summed E-state index contributed by atoms with van der Waals surface area (Å²) in [6.07, 6.45) is 7.83. The Morgan fingerprint density at radius 2 is 1.54 bits per heavy atom. The van der Waals surface area contributed by atoms with E-state index in [4.69, 9.17) is 0 Å². The van der Waals surface area contributed by atoms with Crippen LogP contribution < -0.4 is 16.0 Å². The van der Waals surface area contributed by atoms with Crippen molar-refractivity contribution in [3.8, 4) is 0 Å². The third-order valence-electron chi connectivity index (χ3n) is 5.05. The van der Waals surface area contributed by atoms with Crippen molar-refractivity contribution >= 4 is 24.2 Å². The molecule has 28 heavy (non-hydrogen) atoms. The molecule has 6 heteroatoms. The van der Waals surface area contributed by atoms with E-state index in [9.17, 15) is 9.59 Å². The van der Waals surface area contributed by atoms with E-state index in [-0.39, 0.29) is 24.2 Å². The van der Waals surface area contributed by atoms with E-state index in [2.05, 4.69) is 16.0 Å². The van der Waals surface area contributed by atoms with Crippen molar-refractivity contribution in [1.82, 2.24) is 16.0 Å². The van der Waals surface area contributed by atoms with E-state index in [1.54, 1.807) is 0 Å². The zero-order valence-electron chi connectivity index (χ0n) is 17.5. The Labute approximate surface area is 175 Å². The quantitative estimate of drug-likeness (QED) is 0.473. The van der Waals surface area contributed by atoms with Gasteiger partial charge in [-0.1, -0.05) is 58.6 Å². The lowest BCUT2D eigenvalue weighted by Crippen LogP contribution is -2.36. The molecule has 1 saturated carbocycles. The average Bonchev–Trinajstić information content (AvgIpc) is 2.91. The molecule has 0 unspecified atom stereocenters. The van der Waals surface area contributed by atoms with Gasteiger partial charge in [0.25, 0.3) is 5.91 Å². The first kappa shape index (κ1) is 24.4. The largest absolute Gasteiger partial charge is 0.352 e. The summed E-state index contributed by atoms with van der Waals surface area (Å²) in [5.41, 5.74) is 1.24. The molecule has 158 valence electrons. The minimum atomic E-state index is -0.398. The maximum absolute atomic E-state index is 12.3. The summed E-state index contributed by atoms with van der Waals surface area (Å²) in [6, 6.07) is 8.01. The van der Waals surface area contributed by atoms with Gasteiger partial charge in [-0.05, 0) is 30.5 Å². The Bertz CT molecular complexity index is 603. The third kappa shape index (κ3) is 8.61. The smallest absolute Gasteiger partial charge is 0.251 e. The fourth-order valence-electron chi connectivity index (χ4n) is 3.26. The van der Waals surface area contributed by atoms with Crippen molar-refractivity contribution in [2.24, 2.45) is 5.41 Å². The Kier molecular flexibility index (Phi) is 10.5. The highest BCUT2D eigenvalue weighted by atomic mass is 35.5. The molecule has 0 aliphatic heterocycles. The molecule has 0 spiro atoms. The number of hydrogen-bond acceptors (Lipinski definition) is 3. The fourth-order valence-corrected chi connectivity index (χ4v) is 3.26. The summed E-state index contributed by atoms with van der Waals surface area (Å²) >= 11 is 0. The standard InChI is InChI=1S/C22H35N3O2.ClH/c1-22(2,3)21(27)25-16-17-10-12-18(13-11-17)20(26)24-15-14-23-19-8-6-4-5-7-9-19;/h10-13,19,23H,4-9,14-16H2,1-3H3,(H,24,26)(H,25,27);1H.